The zero-order valence-electron chi connectivity index (χ0n) is 14.7. The maximum Gasteiger partial charge on any atom is 0.289 e. The molecule has 1 aromatic heterocycles. The lowest BCUT2D eigenvalue weighted by Crippen LogP contribution is -2.36. The van der Waals surface area contributed by atoms with Gasteiger partial charge in [0.25, 0.3) is 5.91 Å². The molecule has 1 aliphatic heterocycles. The molecule has 1 saturated heterocycles. The van der Waals surface area contributed by atoms with Crippen molar-refractivity contribution in [2.24, 2.45) is 0 Å². The molecule has 4 nitrogen and oxygen atoms in total. The second kappa shape index (κ2) is 7.71. The minimum atomic E-state index is -0.324. The summed E-state index contributed by atoms with van der Waals surface area (Å²) in [5, 5.41) is 1.35. The number of rotatable bonds is 5. The summed E-state index contributed by atoms with van der Waals surface area (Å²) in [7, 11) is 0. The first-order valence-corrected chi connectivity index (χ1v) is 9.31. The van der Waals surface area contributed by atoms with Crippen LogP contribution in [0.3, 0.4) is 0 Å². The molecular weight excluding hydrogens is 369 g/mol. The topological polar surface area (TPSA) is 42.7 Å². The van der Waals surface area contributed by atoms with E-state index in [1.807, 2.05) is 0 Å². The van der Waals surface area contributed by atoms with Crippen molar-refractivity contribution < 1.29 is 18.3 Å². The third-order valence-electron chi connectivity index (χ3n) is 4.69. The average Bonchev–Trinajstić information content (AvgIpc) is 3.29. The molecule has 0 radical (unpaired) electrons. The van der Waals surface area contributed by atoms with Crippen LogP contribution in [0.25, 0.3) is 11.0 Å². The molecule has 1 fully saturated rings. The van der Waals surface area contributed by atoms with Crippen molar-refractivity contribution in [3.63, 3.8) is 0 Å². The second-order valence-electron chi connectivity index (χ2n) is 6.74. The van der Waals surface area contributed by atoms with Gasteiger partial charge in [-0.15, -0.1) is 0 Å². The van der Waals surface area contributed by atoms with Gasteiger partial charge in [0, 0.05) is 30.1 Å². The lowest BCUT2D eigenvalue weighted by molar-refractivity contribution is 0.0485. The summed E-state index contributed by atoms with van der Waals surface area (Å²) in [6, 6.07) is 13.2. The molecule has 27 heavy (non-hydrogen) atoms. The van der Waals surface area contributed by atoms with E-state index in [0.29, 0.717) is 23.8 Å². The Balaban J connectivity index is 1.61. The van der Waals surface area contributed by atoms with Crippen LogP contribution in [-0.2, 0) is 11.3 Å². The number of hydrogen-bond donors (Lipinski definition) is 0. The van der Waals surface area contributed by atoms with Gasteiger partial charge in [-0.05, 0) is 54.8 Å². The standard InChI is InChI=1S/C21H19ClFNO3/c22-16-6-7-19-15(10-16)11-20(27-19)21(25)24(13-18-5-2-8-26-18)12-14-3-1-4-17(23)9-14/h1,3-4,6-7,9-11,18H,2,5,8,12-13H2/t18-/m1/s1. The minimum Gasteiger partial charge on any atom is -0.451 e. The molecule has 2 aromatic carbocycles. The maximum absolute atomic E-state index is 13.6. The first kappa shape index (κ1) is 18.0. The van der Waals surface area contributed by atoms with E-state index in [4.69, 9.17) is 20.8 Å². The van der Waals surface area contributed by atoms with E-state index in [9.17, 15) is 9.18 Å². The molecule has 1 amide bonds. The Morgan fingerprint density at radius 3 is 2.89 bits per heavy atom. The number of nitrogens with zero attached hydrogens (tertiary/aromatic N) is 1. The Labute approximate surface area is 161 Å². The first-order valence-electron chi connectivity index (χ1n) is 8.93. The molecule has 0 unspecified atom stereocenters. The number of hydrogen-bond acceptors (Lipinski definition) is 3. The molecule has 2 heterocycles. The molecule has 1 aliphatic rings. The number of amides is 1. The molecule has 0 N–H and O–H groups in total. The van der Waals surface area contributed by atoms with Gasteiger partial charge < -0.3 is 14.1 Å². The van der Waals surface area contributed by atoms with Gasteiger partial charge in [0.2, 0.25) is 0 Å². The molecule has 0 aliphatic carbocycles. The van der Waals surface area contributed by atoms with Crippen molar-refractivity contribution in [2.45, 2.75) is 25.5 Å². The Morgan fingerprint density at radius 2 is 2.11 bits per heavy atom. The Morgan fingerprint density at radius 1 is 1.22 bits per heavy atom. The van der Waals surface area contributed by atoms with Crippen LogP contribution in [0.5, 0.6) is 0 Å². The normalized spacial score (nSPS) is 16.7. The van der Waals surface area contributed by atoms with E-state index in [1.54, 1.807) is 41.3 Å². The highest BCUT2D eigenvalue weighted by Crippen LogP contribution is 2.25. The molecule has 0 bridgehead atoms. The molecule has 1 atom stereocenters. The zero-order chi connectivity index (χ0) is 18.8. The highest BCUT2D eigenvalue weighted by Gasteiger charge is 2.26. The predicted molar refractivity (Wildman–Crippen MR) is 101 cm³/mol. The fraction of sp³-hybridized carbons (Fsp3) is 0.286. The van der Waals surface area contributed by atoms with Crippen molar-refractivity contribution in [3.8, 4) is 0 Å². The number of carbonyl (C=O) groups excluding carboxylic acids is 1. The lowest BCUT2D eigenvalue weighted by Gasteiger charge is -2.24. The SMILES string of the molecule is O=C(c1cc2cc(Cl)ccc2o1)N(Cc1cccc(F)c1)C[C@H]1CCCO1. The first-order chi connectivity index (χ1) is 13.1. The summed E-state index contributed by atoms with van der Waals surface area (Å²) in [5.41, 5.74) is 1.33. The molecular formula is C21H19ClFNO3. The Bertz CT molecular complexity index is 965. The molecule has 4 rings (SSSR count). The van der Waals surface area contributed by atoms with Crippen molar-refractivity contribution >= 4 is 28.5 Å². The summed E-state index contributed by atoms with van der Waals surface area (Å²) < 4.78 is 25.0. The van der Waals surface area contributed by atoms with Gasteiger partial charge in [-0.3, -0.25) is 4.79 Å². The van der Waals surface area contributed by atoms with Crippen molar-refractivity contribution in [3.05, 3.63) is 70.7 Å². The maximum atomic E-state index is 13.6. The number of halogens is 2. The van der Waals surface area contributed by atoms with Crippen LogP contribution in [0.15, 0.2) is 52.9 Å². The van der Waals surface area contributed by atoms with Crippen LogP contribution in [0, 0.1) is 5.82 Å². The van der Waals surface area contributed by atoms with Crippen LogP contribution in [-0.4, -0.2) is 30.1 Å². The van der Waals surface area contributed by atoms with Gasteiger partial charge in [0.05, 0.1) is 6.10 Å². The van der Waals surface area contributed by atoms with Gasteiger partial charge in [-0.1, -0.05) is 23.7 Å². The lowest BCUT2D eigenvalue weighted by atomic mass is 10.1. The van der Waals surface area contributed by atoms with Crippen molar-refractivity contribution in [1.29, 1.82) is 0 Å². The third kappa shape index (κ3) is 4.15. The molecule has 0 saturated carbocycles. The van der Waals surface area contributed by atoms with E-state index in [1.165, 1.54) is 12.1 Å². The van der Waals surface area contributed by atoms with E-state index < -0.39 is 0 Å². The third-order valence-corrected chi connectivity index (χ3v) is 4.92. The van der Waals surface area contributed by atoms with E-state index in [0.717, 1.165) is 23.8 Å². The Kier molecular flexibility index (Phi) is 5.14. The predicted octanol–water partition coefficient (Wildman–Crippen LogP) is 5.05. The Hall–Kier alpha value is -2.37. The van der Waals surface area contributed by atoms with E-state index in [-0.39, 0.29) is 30.1 Å². The number of fused-ring (bicyclic) bond motifs is 1. The van der Waals surface area contributed by atoms with Gasteiger partial charge in [-0.2, -0.15) is 0 Å². The van der Waals surface area contributed by atoms with Crippen molar-refractivity contribution in [1.82, 2.24) is 4.90 Å². The van der Waals surface area contributed by atoms with Gasteiger partial charge in [0.15, 0.2) is 5.76 Å². The quantitative estimate of drug-likeness (QED) is 0.615. The van der Waals surface area contributed by atoms with Gasteiger partial charge in [0.1, 0.15) is 11.4 Å². The number of benzene rings is 2. The van der Waals surface area contributed by atoms with E-state index >= 15 is 0 Å². The van der Waals surface area contributed by atoms with Crippen LogP contribution < -0.4 is 0 Å². The highest BCUT2D eigenvalue weighted by atomic mass is 35.5. The summed E-state index contributed by atoms with van der Waals surface area (Å²) in [4.78, 5) is 14.8. The number of furan rings is 1. The van der Waals surface area contributed by atoms with Crippen LogP contribution in [0.2, 0.25) is 5.02 Å². The van der Waals surface area contributed by atoms with Crippen LogP contribution >= 0.6 is 11.6 Å². The van der Waals surface area contributed by atoms with Gasteiger partial charge in [-0.25, -0.2) is 4.39 Å². The van der Waals surface area contributed by atoms with Crippen molar-refractivity contribution in [2.75, 3.05) is 13.2 Å². The molecule has 0 spiro atoms. The number of ether oxygens (including phenoxy) is 1. The minimum absolute atomic E-state index is 0.0127. The largest absolute Gasteiger partial charge is 0.451 e. The highest BCUT2D eigenvalue weighted by molar-refractivity contribution is 6.31. The number of carbonyl (C=O) groups is 1. The summed E-state index contributed by atoms with van der Waals surface area (Å²) in [6.07, 6.45) is 1.87. The van der Waals surface area contributed by atoms with Crippen LogP contribution in [0.1, 0.15) is 29.0 Å². The smallest absolute Gasteiger partial charge is 0.289 e. The monoisotopic (exact) mass is 387 g/mol. The molecule has 3 aromatic rings. The van der Waals surface area contributed by atoms with Gasteiger partial charge >= 0.3 is 0 Å². The van der Waals surface area contributed by atoms with Crippen LogP contribution in [0.4, 0.5) is 4.39 Å². The fourth-order valence-electron chi connectivity index (χ4n) is 3.38. The molecule has 6 heteroatoms. The summed E-state index contributed by atoms with van der Waals surface area (Å²) >= 11 is 6.02. The molecule has 140 valence electrons. The average molecular weight is 388 g/mol. The summed E-state index contributed by atoms with van der Waals surface area (Å²) in [5.74, 6) is -0.334. The summed E-state index contributed by atoms with van der Waals surface area (Å²) in [6.45, 7) is 1.43. The second-order valence-corrected chi connectivity index (χ2v) is 7.18. The fourth-order valence-corrected chi connectivity index (χ4v) is 3.57. The zero-order valence-corrected chi connectivity index (χ0v) is 15.4. The van der Waals surface area contributed by atoms with E-state index in [2.05, 4.69) is 0 Å².